The summed E-state index contributed by atoms with van der Waals surface area (Å²) < 4.78 is 13.3. The molecule has 0 saturated carbocycles. The molecule has 1 rings (SSSR count). The third-order valence-corrected chi connectivity index (χ3v) is 2.08. The van der Waals surface area contributed by atoms with Crippen molar-refractivity contribution < 1.29 is 14.0 Å². The second-order valence-corrected chi connectivity index (χ2v) is 3.39. The van der Waals surface area contributed by atoms with Crippen molar-refractivity contribution in [3.8, 4) is 0 Å². The van der Waals surface area contributed by atoms with Crippen molar-refractivity contribution in [2.24, 2.45) is 0 Å². The van der Waals surface area contributed by atoms with Crippen molar-refractivity contribution in [2.45, 2.75) is 19.8 Å². The number of benzene rings is 1. The number of carbonyl (C=O) groups excluding carboxylic acids is 2. The van der Waals surface area contributed by atoms with Gasteiger partial charge in [-0.2, -0.15) is 0 Å². The highest BCUT2D eigenvalue weighted by molar-refractivity contribution is 5.90. The fourth-order valence-corrected chi connectivity index (χ4v) is 1.27. The fourth-order valence-electron chi connectivity index (χ4n) is 1.27. The molecule has 2 nitrogen and oxygen atoms in total. The minimum atomic E-state index is -0.437. The minimum Gasteiger partial charge on any atom is -0.298 e. The lowest BCUT2D eigenvalue weighted by atomic mass is 9.97. The second kappa shape index (κ2) is 4.13. The predicted octanol–water partition coefficient (Wildman–Crippen LogP) is 2.57. The zero-order valence-corrected chi connectivity index (χ0v) is 8.08. The first-order valence-electron chi connectivity index (χ1n) is 4.34. The Morgan fingerprint density at radius 1 is 1.14 bits per heavy atom. The third-order valence-electron chi connectivity index (χ3n) is 2.08. The van der Waals surface area contributed by atoms with Crippen LogP contribution in [0.1, 0.15) is 46.0 Å². The molecule has 1 aromatic rings. The maximum absolute atomic E-state index is 13.3. The molecule has 0 saturated heterocycles. The van der Waals surface area contributed by atoms with Gasteiger partial charge in [0.1, 0.15) is 5.82 Å². The molecule has 0 spiro atoms. The average molecular weight is 194 g/mol. The molecule has 0 heterocycles. The standard InChI is InChI=1S/C11H11FO2/c1-7(2)10-3-8(5-13)9(6-14)4-11(10)12/h3-7H,1-2H3. The molecule has 0 fully saturated rings. The van der Waals surface area contributed by atoms with Gasteiger partial charge in [0.15, 0.2) is 12.6 Å². The summed E-state index contributed by atoms with van der Waals surface area (Å²) in [7, 11) is 0. The van der Waals surface area contributed by atoms with Crippen molar-refractivity contribution in [1.82, 2.24) is 0 Å². The molecule has 74 valence electrons. The highest BCUT2D eigenvalue weighted by Crippen LogP contribution is 2.21. The summed E-state index contributed by atoms with van der Waals surface area (Å²) in [5.74, 6) is -0.442. The molecule has 0 radical (unpaired) electrons. The van der Waals surface area contributed by atoms with E-state index in [1.807, 2.05) is 13.8 Å². The monoisotopic (exact) mass is 194 g/mol. The zero-order chi connectivity index (χ0) is 10.7. The van der Waals surface area contributed by atoms with Crippen molar-refractivity contribution in [3.63, 3.8) is 0 Å². The van der Waals surface area contributed by atoms with Gasteiger partial charge in [-0.3, -0.25) is 9.59 Å². The molecule has 0 aliphatic rings. The SMILES string of the molecule is CC(C)c1cc(C=O)c(C=O)cc1F. The first-order chi connectivity index (χ1) is 6.60. The topological polar surface area (TPSA) is 34.1 Å². The molecule has 0 amide bonds. The summed E-state index contributed by atoms with van der Waals surface area (Å²) in [6, 6.07) is 2.53. The number of rotatable bonds is 3. The molecule has 0 atom stereocenters. The van der Waals surface area contributed by atoms with Crippen LogP contribution in [0.4, 0.5) is 4.39 Å². The van der Waals surface area contributed by atoms with Gasteiger partial charge < -0.3 is 0 Å². The average Bonchev–Trinajstić information content (AvgIpc) is 2.16. The van der Waals surface area contributed by atoms with Gasteiger partial charge >= 0.3 is 0 Å². The Morgan fingerprint density at radius 3 is 2.07 bits per heavy atom. The van der Waals surface area contributed by atoms with Crippen LogP contribution in [0.25, 0.3) is 0 Å². The molecular weight excluding hydrogens is 183 g/mol. The quantitative estimate of drug-likeness (QED) is 0.693. The largest absolute Gasteiger partial charge is 0.298 e. The van der Waals surface area contributed by atoms with Gasteiger partial charge in [0.05, 0.1) is 0 Å². The zero-order valence-electron chi connectivity index (χ0n) is 8.08. The van der Waals surface area contributed by atoms with Crippen LogP contribution in [-0.2, 0) is 0 Å². The van der Waals surface area contributed by atoms with Gasteiger partial charge in [-0.15, -0.1) is 0 Å². The Labute approximate surface area is 81.7 Å². The first-order valence-corrected chi connectivity index (χ1v) is 4.34. The van der Waals surface area contributed by atoms with Crippen LogP contribution in [0.15, 0.2) is 12.1 Å². The fraction of sp³-hybridized carbons (Fsp3) is 0.273. The number of halogens is 1. The number of hydrogen-bond donors (Lipinski definition) is 0. The van der Waals surface area contributed by atoms with Gasteiger partial charge in [0.2, 0.25) is 0 Å². The van der Waals surface area contributed by atoms with Crippen LogP contribution in [0.5, 0.6) is 0 Å². The molecule has 0 unspecified atom stereocenters. The molecule has 0 aliphatic heterocycles. The van der Waals surface area contributed by atoms with Crippen LogP contribution < -0.4 is 0 Å². The van der Waals surface area contributed by atoms with Crippen LogP contribution in [-0.4, -0.2) is 12.6 Å². The maximum Gasteiger partial charge on any atom is 0.150 e. The molecule has 0 aliphatic carbocycles. The Kier molecular flexibility index (Phi) is 3.12. The Balaban J connectivity index is 3.37. The van der Waals surface area contributed by atoms with E-state index in [2.05, 4.69) is 0 Å². The van der Waals surface area contributed by atoms with Crippen molar-refractivity contribution >= 4 is 12.6 Å². The molecular formula is C11H11FO2. The Bertz CT molecular complexity index is 370. The van der Waals surface area contributed by atoms with E-state index in [1.165, 1.54) is 6.07 Å². The number of aldehydes is 2. The lowest BCUT2D eigenvalue weighted by Crippen LogP contribution is -1.99. The van der Waals surface area contributed by atoms with Gasteiger partial charge in [-0.1, -0.05) is 13.8 Å². The lowest BCUT2D eigenvalue weighted by molar-refractivity contribution is 0.109. The minimum absolute atomic E-state index is 0.00518. The van der Waals surface area contributed by atoms with Crippen molar-refractivity contribution in [2.75, 3.05) is 0 Å². The number of carbonyl (C=O) groups is 2. The van der Waals surface area contributed by atoms with Crippen molar-refractivity contribution in [3.05, 3.63) is 34.6 Å². The van der Waals surface area contributed by atoms with Crippen molar-refractivity contribution in [1.29, 1.82) is 0 Å². The Hall–Kier alpha value is -1.51. The van der Waals surface area contributed by atoms with Gasteiger partial charge in [-0.25, -0.2) is 4.39 Å². The maximum atomic E-state index is 13.3. The van der Waals surface area contributed by atoms with E-state index >= 15 is 0 Å². The van der Waals surface area contributed by atoms with Crippen LogP contribution in [0.3, 0.4) is 0 Å². The van der Waals surface area contributed by atoms with Gasteiger partial charge in [0.25, 0.3) is 0 Å². The molecule has 14 heavy (non-hydrogen) atoms. The number of hydrogen-bond acceptors (Lipinski definition) is 2. The summed E-state index contributed by atoms with van der Waals surface area (Å²) in [6.45, 7) is 3.65. The highest BCUT2D eigenvalue weighted by Gasteiger charge is 2.11. The summed E-state index contributed by atoms with van der Waals surface area (Å²) in [5, 5.41) is 0. The summed E-state index contributed by atoms with van der Waals surface area (Å²) in [6.07, 6.45) is 1.05. The molecule has 3 heteroatoms. The second-order valence-electron chi connectivity index (χ2n) is 3.39. The highest BCUT2D eigenvalue weighted by atomic mass is 19.1. The summed E-state index contributed by atoms with van der Waals surface area (Å²) in [4.78, 5) is 21.1. The van der Waals surface area contributed by atoms with E-state index in [0.717, 1.165) is 6.07 Å². The van der Waals surface area contributed by atoms with Gasteiger partial charge in [-0.05, 0) is 23.6 Å². The molecule has 1 aromatic carbocycles. The smallest absolute Gasteiger partial charge is 0.150 e. The van der Waals surface area contributed by atoms with E-state index in [9.17, 15) is 14.0 Å². The molecule has 0 aromatic heterocycles. The Morgan fingerprint density at radius 2 is 1.64 bits per heavy atom. The summed E-state index contributed by atoms with van der Waals surface area (Å²) in [5.41, 5.74) is 0.796. The molecule has 0 bridgehead atoms. The third kappa shape index (κ3) is 1.87. The van der Waals surface area contributed by atoms with E-state index < -0.39 is 5.82 Å². The first kappa shape index (κ1) is 10.6. The summed E-state index contributed by atoms with van der Waals surface area (Å²) >= 11 is 0. The normalized spacial score (nSPS) is 10.3. The van der Waals surface area contributed by atoms with E-state index in [-0.39, 0.29) is 17.0 Å². The van der Waals surface area contributed by atoms with E-state index in [1.54, 1.807) is 0 Å². The predicted molar refractivity (Wildman–Crippen MR) is 51.3 cm³/mol. The van der Waals surface area contributed by atoms with Gasteiger partial charge in [0, 0.05) is 11.1 Å². The van der Waals surface area contributed by atoms with Crippen LogP contribution >= 0.6 is 0 Å². The molecule has 0 N–H and O–H groups in total. The van der Waals surface area contributed by atoms with Crippen LogP contribution in [0, 0.1) is 5.82 Å². The van der Waals surface area contributed by atoms with E-state index in [4.69, 9.17) is 0 Å². The van der Waals surface area contributed by atoms with Crippen LogP contribution in [0.2, 0.25) is 0 Å². The lowest BCUT2D eigenvalue weighted by Gasteiger charge is -2.08. The van der Waals surface area contributed by atoms with E-state index in [0.29, 0.717) is 18.1 Å².